The van der Waals surface area contributed by atoms with Gasteiger partial charge in [-0.1, -0.05) is 12.1 Å². The zero-order valence-corrected chi connectivity index (χ0v) is 12.7. The van der Waals surface area contributed by atoms with Gasteiger partial charge in [-0.05, 0) is 37.0 Å². The summed E-state index contributed by atoms with van der Waals surface area (Å²) in [7, 11) is 0. The molecule has 2 fully saturated rings. The Labute approximate surface area is 130 Å². The first-order chi connectivity index (χ1) is 10.6. The fourth-order valence-electron chi connectivity index (χ4n) is 3.48. The third-order valence-corrected chi connectivity index (χ3v) is 4.85. The van der Waals surface area contributed by atoms with Crippen LogP contribution >= 0.6 is 0 Å². The molecule has 2 N–H and O–H groups in total. The Bertz CT molecular complexity index is 504. The lowest BCUT2D eigenvalue weighted by atomic mass is 9.87. The summed E-state index contributed by atoms with van der Waals surface area (Å²) in [6.07, 6.45) is 1.95. The summed E-state index contributed by atoms with van der Waals surface area (Å²) in [5.41, 5.74) is 0.153. The van der Waals surface area contributed by atoms with Crippen LogP contribution < -0.4 is 0 Å². The van der Waals surface area contributed by atoms with E-state index in [1.165, 1.54) is 6.07 Å². The molecule has 22 heavy (non-hydrogen) atoms. The summed E-state index contributed by atoms with van der Waals surface area (Å²) in [4.78, 5) is 2.15. The number of β-amino-alcohol motifs (C(OH)–C–C–N with tert-alkyl or cyclic N) is 1. The Morgan fingerprint density at radius 2 is 2.14 bits per heavy atom. The third kappa shape index (κ3) is 3.66. The Morgan fingerprint density at radius 1 is 1.36 bits per heavy atom. The third-order valence-electron chi connectivity index (χ3n) is 4.85. The highest BCUT2D eigenvalue weighted by Crippen LogP contribution is 2.34. The van der Waals surface area contributed by atoms with Crippen molar-refractivity contribution in [3.63, 3.8) is 0 Å². The maximum Gasteiger partial charge on any atom is 0.123 e. The molecule has 2 atom stereocenters. The molecule has 5 heteroatoms. The fraction of sp³-hybridized carbons (Fsp3) is 0.647. The van der Waals surface area contributed by atoms with Gasteiger partial charge in [0.05, 0.1) is 11.7 Å². The number of benzene rings is 1. The first-order valence-electron chi connectivity index (χ1n) is 8.03. The SMILES string of the molecule is OC(CN1CCC1c1cccc(F)c1)CC1(O)CCOCC1. The van der Waals surface area contributed by atoms with Crippen molar-refractivity contribution in [2.24, 2.45) is 0 Å². The minimum absolute atomic E-state index is 0.176. The Balaban J connectivity index is 1.54. The van der Waals surface area contributed by atoms with Gasteiger partial charge in [-0.2, -0.15) is 0 Å². The molecule has 3 rings (SSSR count). The minimum atomic E-state index is -0.809. The monoisotopic (exact) mass is 309 g/mol. The molecule has 0 bridgehead atoms. The number of aliphatic hydroxyl groups is 2. The standard InChI is InChI=1S/C17H24FNO3/c18-14-3-1-2-13(10-14)16-4-7-19(16)12-15(20)11-17(21)5-8-22-9-6-17/h1-3,10,15-16,20-21H,4-9,11-12H2. The van der Waals surface area contributed by atoms with Gasteiger partial charge in [0.1, 0.15) is 5.82 Å². The molecule has 122 valence electrons. The number of halogens is 1. The van der Waals surface area contributed by atoms with Gasteiger partial charge in [0, 0.05) is 38.8 Å². The Kier molecular flexibility index (Phi) is 4.78. The van der Waals surface area contributed by atoms with Crippen LogP contribution in [-0.4, -0.2) is 53.1 Å². The second kappa shape index (κ2) is 6.62. The number of ether oxygens (including phenoxy) is 1. The average Bonchev–Trinajstić information content (AvgIpc) is 2.44. The quantitative estimate of drug-likeness (QED) is 0.872. The number of aliphatic hydroxyl groups excluding tert-OH is 1. The van der Waals surface area contributed by atoms with E-state index in [1.807, 2.05) is 6.07 Å². The predicted octanol–water partition coefficient (Wildman–Crippen LogP) is 1.86. The van der Waals surface area contributed by atoms with Crippen LogP contribution in [0.2, 0.25) is 0 Å². The molecule has 0 spiro atoms. The van der Waals surface area contributed by atoms with Crippen LogP contribution in [0.25, 0.3) is 0 Å². The number of rotatable bonds is 5. The van der Waals surface area contributed by atoms with Gasteiger partial charge < -0.3 is 14.9 Å². The molecule has 1 aromatic rings. The van der Waals surface area contributed by atoms with E-state index in [-0.39, 0.29) is 11.9 Å². The summed E-state index contributed by atoms with van der Waals surface area (Å²) in [5, 5.41) is 20.8. The fourth-order valence-corrected chi connectivity index (χ4v) is 3.48. The lowest BCUT2D eigenvalue weighted by Crippen LogP contribution is -2.47. The molecular weight excluding hydrogens is 285 g/mol. The zero-order chi connectivity index (χ0) is 15.6. The van der Waals surface area contributed by atoms with Crippen LogP contribution in [-0.2, 0) is 4.74 Å². The first-order valence-corrected chi connectivity index (χ1v) is 8.03. The van der Waals surface area contributed by atoms with E-state index < -0.39 is 11.7 Å². The Hall–Kier alpha value is -1.01. The molecular formula is C17H24FNO3. The highest BCUT2D eigenvalue weighted by Gasteiger charge is 2.35. The molecule has 0 aliphatic carbocycles. The summed E-state index contributed by atoms with van der Waals surface area (Å²) in [5.74, 6) is -0.221. The molecule has 0 amide bonds. The molecule has 1 aromatic carbocycles. The summed E-state index contributed by atoms with van der Waals surface area (Å²) < 4.78 is 18.6. The molecule has 0 saturated carbocycles. The molecule has 2 aliphatic rings. The van der Waals surface area contributed by atoms with Crippen molar-refractivity contribution in [2.45, 2.75) is 43.4 Å². The van der Waals surface area contributed by atoms with Gasteiger partial charge in [-0.25, -0.2) is 4.39 Å². The van der Waals surface area contributed by atoms with Crippen molar-refractivity contribution < 1.29 is 19.3 Å². The van der Waals surface area contributed by atoms with Crippen molar-refractivity contribution in [2.75, 3.05) is 26.3 Å². The maximum absolute atomic E-state index is 13.3. The van der Waals surface area contributed by atoms with Crippen LogP contribution in [0.15, 0.2) is 24.3 Å². The van der Waals surface area contributed by atoms with Crippen LogP contribution in [0.1, 0.15) is 37.3 Å². The number of hydrogen-bond acceptors (Lipinski definition) is 4. The van der Waals surface area contributed by atoms with E-state index in [0.717, 1.165) is 18.5 Å². The first kappa shape index (κ1) is 15.9. The van der Waals surface area contributed by atoms with Crippen molar-refractivity contribution in [3.05, 3.63) is 35.6 Å². The average molecular weight is 309 g/mol. The highest BCUT2D eigenvalue weighted by atomic mass is 19.1. The number of likely N-dealkylation sites (tertiary alicyclic amines) is 1. The molecule has 2 aliphatic heterocycles. The van der Waals surface area contributed by atoms with E-state index in [4.69, 9.17) is 4.74 Å². The zero-order valence-electron chi connectivity index (χ0n) is 12.7. The summed E-state index contributed by atoms with van der Waals surface area (Å²) in [6, 6.07) is 6.84. The van der Waals surface area contributed by atoms with Gasteiger partial charge in [0.25, 0.3) is 0 Å². The normalized spacial score (nSPS) is 26.4. The summed E-state index contributed by atoms with van der Waals surface area (Å²) >= 11 is 0. The van der Waals surface area contributed by atoms with Crippen molar-refractivity contribution in [1.82, 2.24) is 4.90 Å². The number of nitrogens with zero attached hydrogens (tertiary/aromatic N) is 1. The lowest BCUT2D eigenvalue weighted by Gasteiger charge is -2.43. The second-order valence-electron chi connectivity index (χ2n) is 6.55. The molecule has 2 heterocycles. The molecule has 4 nitrogen and oxygen atoms in total. The summed E-state index contributed by atoms with van der Waals surface area (Å²) in [6.45, 7) is 2.53. The van der Waals surface area contributed by atoms with Gasteiger partial charge in [-0.3, -0.25) is 4.90 Å². The van der Waals surface area contributed by atoms with E-state index >= 15 is 0 Å². The topological polar surface area (TPSA) is 52.9 Å². The maximum atomic E-state index is 13.3. The van der Waals surface area contributed by atoms with E-state index in [2.05, 4.69) is 4.90 Å². The van der Waals surface area contributed by atoms with Crippen LogP contribution in [0.5, 0.6) is 0 Å². The van der Waals surface area contributed by atoms with Gasteiger partial charge >= 0.3 is 0 Å². The van der Waals surface area contributed by atoms with E-state index in [1.54, 1.807) is 12.1 Å². The van der Waals surface area contributed by atoms with Crippen molar-refractivity contribution in [3.8, 4) is 0 Å². The van der Waals surface area contributed by atoms with Gasteiger partial charge in [-0.15, -0.1) is 0 Å². The molecule has 0 aromatic heterocycles. The van der Waals surface area contributed by atoms with Gasteiger partial charge in [0.2, 0.25) is 0 Å². The number of hydrogen-bond donors (Lipinski definition) is 2. The smallest absolute Gasteiger partial charge is 0.123 e. The van der Waals surface area contributed by atoms with Crippen molar-refractivity contribution >= 4 is 0 Å². The minimum Gasteiger partial charge on any atom is -0.392 e. The van der Waals surface area contributed by atoms with Crippen molar-refractivity contribution in [1.29, 1.82) is 0 Å². The highest BCUT2D eigenvalue weighted by molar-refractivity contribution is 5.22. The van der Waals surface area contributed by atoms with Crippen LogP contribution in [0.4, 0.5) is 4.39 Å². The van der Waals surface area contributed by atoms with E-state index in [0.29, 0.717) is 39.0 Å². The van der Waals surface area contributed by atoms with Crippen LogP contribution in [0, 0.1) is 5.82 Å². The Morgan fingerprint density at radius 3 is 2.77 bits per heavy atom. The lowest BCUT2D eigenvalue weighted by molar-refractivity contribution is -0.0937. The van der Waals surface area contributed by atoms with Gasteiger partial charge in [0.15, 0.2) is 0 Å². The predicted molar refractivity (Wildman–Crippen MR) is 81.0 cm³/mol. The van der Waals surface area contributed by atoms with E-state index in [9.17, 15) is 14.6 Å². The van der Waals surface area contributed by atoms with Crippen LogP contribution in [0.3, 0.4) is 0 Å². The molecule has 2 saturated heterocycles. The molecule has 0 radical (unpaired) electrons. The largest absolute Gasteiger partial charge is 0.392 e. The molecule has 2 unspecified atom stereocenters. The second-order valence-corrected chi connectivity index (χ2v) is 6.55.